The number of hydrogen-bond donors (Lipinski definition) is 3. The van der Waals surface area contributed by atoms with E-state index in [1.165, 1.54) is 0 Å². The predicted molar refractivity (Wildman–Crippen MR) is 81.7 cm³/mol. The minimum Gasteiger partial charge on any atom is -0.392 e. The topological polar surface area (TPSA) is 65.4 Å². The van der Waals surface area contributed by atoms with Gasteiger partial charge in [0.05, 0.1) is 12.7 Å². The van der Waals surface area contributed by atoms with Gasteiger partial charge in [-0.2, -0.15) is 0 Å². The lowest BCUT2D eigenvalue weighted by Crippen LogP contribution is -2.18. The molecule has 0 amide bonds. The summed E-state index contributed by atoms with van der Waals surface area (Å²) in [6.07, 6.45) is 2.83. The van der Waals surface area contributed by atoms with Gasteiger partial charge >= 0.3 is 0 Å². The quantitative estimate of drug-likeness (QED) is 0.788. The first kappa shape index (κ1) is 16.6. The number of aromatic nitrogens is 1. The summed E-state index contributed by atoms with van der Waals surface area (Å²) in [7, 11) is 1.78. The fourth-order valence-electron chi connectivity index (χ4n) is 2.19. The van der Waals surface area contributed by atoms with Gasteiger partial charge in [-0.3, -0.25) is 4.98 Å². The fraction of sp³-hybridized carbons (Fsp3) is 0.267. The van der Waals surface area contributed by atoms with E-state index >= 15 is 0 Å². The van der Waals surface area contributed by atoms with Crippen molar-refractivity contribution in [3.8, 4) is 11.1 Å². The molecule has 0 aliphatic carbocycles. The van der Waals surface area contributed by atoms with Crippen molar-refractivity contribution < 1.29 is 10.2 Å². The van der Waals surface area contributed by atoms with Crippen LogP contribution in [-0.2, 0) is 6.61 Å². The molecule has 1 atom stereocenters. The summed E-state index contributed by atoms with van der Waals surface area (Å²) in [5.74, 6) is 0. The van der Waals surface area contributed by atoms with Gasteiger partial charge in [-0.05, 0) is 29.8 Å². The molecule has 0 fully saturated rings. The highest BCUT2D eigenvalue weighted by atomic mass is 35.5. The van der Waals surface area contributed by atoms with Gasteiger partial charge in [0, 0.05) is 24.5 Å². The molecule has 0 spiro atoms. The van der Waals surface area contributed by atoms with Crippen LogP contribution < -0.4 is 5.32 Å². The maximum Gasteiger partial charge on any atom is 0.0917 e. The number of rotatable bonds is 5. The molecule has 4 nitrogen and oxygen atoms in total. The van der Waals surface area contributed by atoms with E-state index in [1.807, 2.05) is 30.3 Å². The number of benzene rings is 1. The Morgan fingerprint density at radius 3 is 2.65 bits per heavy atom. The molecule has 3 N–H and O–H groups in total. The summed E-state index contributed by atoms with van der Waals surface area (Å²) in [5.41, 5.74) is 3.34. The van der Waals surface area contributed by atoms with Gasteiger partial charge < -0.3 is 15.5 Å². The molecule has 1 heterocycles. The fourth-order valence-corrected chi connectivity index (χ4v) is 2.19. The molecule has 2 rings (SSSR count). The zero-order valence-corrected chi connectivity index (χ0v) is 12.1. The highest BCUT2D eigenvalue weighted by Crippen LogP contribution is 2.29. The number of halogens is 1. The van der Waals surface area contributed by atoms with Crippen molar-refractivity contribution in [1.29, 1.82) is 0 Å². The van der Waals surface area contributed by atoms with Gasteiger partial charge in [-0.15, -0.1) is 12.4 Å². The lowest BCUT2D eigenvalue weighted by atomic mass is 9.94. The lowest BCUT2D eigenvalue weighted by Gasteiger charge is -2.17. The van der Waals surface area contributed by atoms with Gasteiger partial charge in [-0.25, -0.2) is 0 Å². The molecule has 0 saturated heterocycles. The molecule has 0 bridgehead atoms. The van der Waals surface area contributed by atoms with Crippen LogP contribution in [0.25, 0.3) is 11.1 Å². The number of likely N-dealkylation sites (N-methyl/N-ethyl adjacent to an activating group) is 1. The van der Waals surface area contributed by atoms with Crippen LogP contribution in [0.15, 0.2) is 42.7 Å². The SMILES string of the molecule is CNCC(O)c1cccc(-c2cccnc2)c1CO.Cl. The molecule has 1 aromatic heterocycles. The Kier molecular flexibility index (Phi) is 6.61. The van der Waals surface area contributed by atoms with Crippen molar-refractivity contribution in [3.05, 3.63) is 53.9 Å². The maximum absolute atomic E-state index is 10.1. The van der Waals surface area contributed by atoms with Crippen molar-refractivity contribution in [2.75, 3.05) is 13.6 Å². The van der Waals surface area contributed by atoms with Gasteiger partial charge in [0.25, 0.3) is 0 Å². The molecular formula is C15H19ClN2O2. The van der Waals surface area contributed by atoms with E-state index in [0.29, 0.717) is 6.54 Å². The average Bonchev–Trinajstić information content (AvgIpc) is 2.47. The minimum absolute atomic E-state index is 0. The molecule has 0 radical (unpaired) electrons. The third-order valence-electron chi connectivity index (χ3n) is 3.10. The van der Waals surface area contributed by atoms with Crippen molar-refractivity contribution in [2.45, 2.75) is 12.7 Å². The van der Waals surface area contributed by atoms with Crippen LogP contribution in [0, 0.1) is 0 Å². The number of pyridine rings is 1. The van der Waals surface area contributed by atoms with Crippen LogP contribution in [0.2, 0.25) is 0 Å². The first-order valence-corrected chi connectivity index (χ1v) is 6.23. The smallest absolute Gasteiger partial charge is 0.0917 e. The Labute approximate surface area is 124 Å². The zero-order chi connectivity index (χ0) is 13.7. The minimum atomic E-state index is -0.635. The first-order chi connectivity index (χ1) is 9.27. The summed E-state index contributed by atoms with van der Waals surface area (Å²) in [6.45, 7) is 0.338. The van der Waals surface area contributed by atoms with Crippen LogP contribution in [0.1, 0.15) is 17.2 Å². The van der Waals surface area contributed by atoms with Gasteiger partial charge in [-0.1, -0.05) is 24.3 Å². The van der Waals surface area contributed by atoms with E-state index in [0.717, 1.165) is 22.3 Å². The van der Waals surface area contributed by atoms with Crippen LogP contribution >= 0.6 is 12.4 Å². The highest BCUT2D eigenvalue weighted by Gasteiger charge is 2.15. The molecule has 0 aliphatic heterocycles. The molecule has 20 heavy (non-hydrogen) atoms. The van der Waals surface area contributed by atoms with Crippen LogP contribution in [0.4, 0.5) is 0 Å². The first-order valence-electron chi connectivity index (χ1n) is 6.23. The normalized spacial score (nSPS) is 11.8. The summed E-state index contributed by atoms with van der Waals surface area (Å²) >= 11 is 0. The molecule has 2 aromatic rings. The third-order valence-corrected chi connectivity index (χ3v) is 3.10. The second-order valence-corrected chi connectivity index (χ2v) is 4.35. The van der Waals surface area contributed by atoms with E-state index < -0.39 is 6.10 Å². The van der Waals surface area contributed by atoms with Crippen LogP contribution in [0.3, 0.4) is 0 Å². The summed E-state index contributed by atoms with van der Waals surface area (Å²) < 4.78 is 0. The number of nitrogens with zero attached hydrogens (tertiary/aromatic N) is 1. The third kappa shape index (κ3) is 3.55. The molecule has 5 heteroatoms. The number of nitrogens with one attached hydrogen (secondary N) is 1. The second-order valence-electron chi connectivity index (χ2n) is 4.35. The number of aliphatic hydroxyl groups excluding tert-OH is 2. The molecule has 108 valence electrons. The van der Waals surface area contributed by atoms with E-state index in [4.69, 9.17) is 0 Å². The Hall–Kier alpha value is -1.46. The molecule has 1 unspecified atom stereocenters. The summed E-state index contributed by atoms with van der Waals surface area (Å²) in [6, 6.07) is 9.45. The van der Waals surface area contributed by atoms with Gasteiger partial charge in [0.2, 0.25) is 0 Å². The van der Waals surface area contributed by atoms with Crippen molar-refractivity contribution in [2.24, 2.45) is 0 Å². The number of aliphatic hydroxyl groups is 2. The van der Waals surface area contributed by atoms with E-state index in [-0.39, 0.29) is 19.0 Å². The average molecular weight is 295 g/mol. The Bertz CT molecular complexity index is 535. The maximum atomic E-state index is 10.1. The van der Waals surface area contributed by atoms with E-state index in [9.17, 15) is 10.2 Å². The lowest BCUT2D eigenvalue weighted by molar-refractivity contribution is 0.173. The van der Waals surface area contributed by atoms with E-state index in [2.05, 4.69) is 10.3 Å². The highest BCUT2D eigenvalue weighted by molar-refractivity contribution is 5.85. The standard InChI is InChI=1S/C15H18N2O2.ClH/c1-16-9-15(19)13-6-2-5-12(14(13)10-18)11-4-3-7-17-8-11;/h2-8,15-16,18-19H,9-10H2,1H3;1H. The zero-order valence-electron chi connectivity index (χ0n) is 11.3. The molecule has 1 aromatic carbocycles. The monoisotopic (exact) mass is 294 g/mol. The summed E-state index contributed by atoms with van der Waals surface area (Å²) in [4.78, 5) is 4.09. The molecular weight excluding hydrogens is 276 g/mol. The Morgan fingerprint density at radius 1 is 1.25 bits per heavy atom. The van der Waals surface area contributed by atoms with Crippen molar-refractivity contribution in [1.82, 2.24) is 10.3 Å². The molecule has 0 saturated carbocycles. The van der Waals surface area contributed by atoms with Crippen LogP contribution in [0.5, 0.6) is 0 Å². The predicted octanol–water partition coefficient (Wildman–Crippen LogP) is 1.92. The van der Waals surface area contributed by atoms with Gasteiger partial charge in [0.15, 0.2) is 0 Å². The second kappa shape index (κ2) is 7.97. The number of hydrogen-bond acceptors (Lipinski definition) is 4. The van der Waals surface area contributed by atoms with Crippen molar-refractivity contribution >= 4 is 12.4 Å². The van der Waals surface area contributed by atoms with Crippen LogP contribution in [-0.4, -0.2) is 28.8 Å². The molecule has 0 aliphatic rings. The largest absolute Gasteiger partial charge is 0.392 e. The van der Waals surface area contributed by atoms with Gasteiger partial charge in [0.1, 0.15) is 0 Å². The van der Waals surface area contributed by atoms with Crippen molar-refractivity contribution in [3.63, 3.8) is 0 Å². The Balaban J connectivity index is 0.00000200. The van der Waals surface area contributed by atoms with E-state index in [1.54, 1.807) is 19.4 Å². The Morgan fingerprint density at radius 2 is 2.05 bits per heavy atom. The summed E-state index contributed by atoms with van der Waals surface area (Å²) in [5, 5.41) is 22.7.